The summed E-state index contributed by atoms with van der Waals surface area (Å²) < 4.78 is 27.6. The van der Waals surface area contributed by atoms with Gasteiger partial charge in [-0.1, -0.05) is 12.1 Å². The van der Waals surface area contributed by atoms with E-state index in [9.17, 15) is 9.59 Å². The normalized spacial score (nSPS) is 19.9. The first-order chi connectivity index (χ1) is 18.1. The van der Waals surface area contributed by atoms with E-state index in [1.54, 1.807) is 42.3 Å². The smallest absolute Gasteiger partial charge is 0.231 e. The highest BCUT2D eigenvalue weighted by atomic mass is 16.7. The minimum absolute atomic E-state index is 0.0666. The highest BCUT2D eigenvalue weighted by Crippen LogP contribution is 2.44. The summed E-state index contributed by atoms with van der Waals surface area (Å²) in [6.07, 6.45) is 0.646. The highest BCUT2D eigenvalue weighted by molar-refractivity contribution is 6.00. The Morgan fingerprint density at radius 3 is 2.41 bits per heavy atom. The van der Waals surface area contributed by atoms with E-state index in [-0.39, 0.29) is 25.0 Å². The molecule has 1 saturated heterocycles. The summed E-state index contributed by atoms with van der Waals surface area (Å²) in [6.45, 7) is 1.09. The Labute approximate surface area is 213 Å². The average molecular weight is 503 g/mol. The molecule has 3 aliphatic heterocycles. The van der Waals surface area contributed by atoms with Gasteiger partial charge < -0.3 is 33.9 Å². The molecule has 190 valence electrons. The fourth-order valence-corrected chi connectivity index (χ4v) is 5.05. The van der Waals surface area contributed by atoms with E-state index >= 15 is 0 Å². The third kappa shape index (κ3) is 4.37. The molecule has 3 aromatic rings. The SMILES string of the molecule is COc1ccc([C@H]2[C@@H](C(=O)Nc3ccc4c(c3)OCCO4)CCC(=O)N2c2ccc3c(c2)OCO3)cc1. The van der Waals surface area contributed by atoms with Gasteiger partial charge >= 0.3 is 0 Å². The Morgan fingerprint density at radius 1 is 0.892 bits per heavy atom. The number of methoxy groups -OCH3 is 1. The number of nitrogens with one attached hydrogen (secondary N) is 1. The number of carbonyl (C=O) groups excluding carboxylic acids is 2. The molecule has 0 bridgehead atoms. The second-order valence-corrected chi connectivity index (χ2v) is 9.01. The Balaban J connectivity index is 1.35. The Morgan fingerprint density at radius 2 is 1.59 bits per heavy atom. The summed E-state index contributed by atoms with van der Waals surface area (Å²) >= 11 is 0. The summed E-state index contributed by atoms with van der Waals surface area (Å²) in [6, 6.07) is 17.7. The van der Waals surface area contributed by atoms with E-state index in [4.69, 9.17) is 23.7 Å². The van der Waals surface area contributed by atoms with E-state index in [1.165, 1.54) is 0 Å². The number of nitrogens with zero attached hydrogens (tertiary/aromatic N) is 1. The Kier molecular flexibility index (Phi) is 5.96. The third-order valence-corrected chi connectivity index (χ3v) is 6.84. The van der Waals surface area contributed by atoms with Gasteiger partial charge in [0.05, 0.1) is 19.1 Å². The summed E-state index contributed by atoms with van der Waals surface area (Å²) in [4.78, 5) is 28.8. The van der Waals surface area contributed by atoms with Crippen molar-refractivity contribution in [1.29, 1.82) is 0 Å². The molecule has 2 amide bonds. The van der Waals surface area contributed by atoms with Gasteiger partial charge in [-0.25, -0.2) is 0 Å². The van der Waals surface area contributed by atoms with Gasteiger partial charge in [0, 0.05) is 29.9 Å². The molecule has 0 aromatic heterocycles. The molecule has 3 heterocycles. The van der Waals surface area contributed by atoms with Gasteiger partial charge in [0.15, 0.2) is 23.0 Å². The molecule has 37 heavy (non-hydrogen) atoms. The quantitative estimate of drug-likeness (QED) is 0.555. The number of piperidine rings is 1. The predicted molar refractivity (Wildman–Crippen MR) is 135 cm³/mol. The number of ether oxygens (including phenoxy) is 5. The van der Waals surface area contributed by atoms with Crippen LogP contribution in [0.3, 0.4) is 0 Å². The van der Waals surface area contributed by atoms with Crippen LogP contribution in [-0.4, -0.2) is 38.9 Å². The maximum absolute atomic E-state index is 13.7. The molecule has 3 aromatic carbocycles. The fourth-order valence-electron chi connectivity index (χ4n) is 5.05. The van der Waals surface area contributed by atoms with E-state index in [1.807, 2.05) is 30.3 Å². The van der Waals surface area contributed by atoms with Crippen LogP contribution >= 0.6 is 0 Å². The maximum atomic E-state index is 13.7. The third-order valence-electron chi connectivity index (χ3n) is 6.84. The average Bonchev–Trinajstić information content (AvgIpc) is 3.41. The van der Waals surface area contributed by atoms with Crippen molar-refractivity contribution in [3.05, 3.63) is 66.2 Å². The van der Waals surface area contributed by atoms with Crippen molar-refractivity contribution in [2.75, 3.05) is 37.3 Å². The first kappa shape index (κ1) is 23.0. The molecular weight excluding hydrogens is 476 g/mol. The number of carbonyl (C=O) groups is 2. The molecule has 1 N–H and O–H groups in total. The van der Waals surface area contributed by atoms with Crippen LogP contribution in [0.5, 0.6) is 28.7 Å². The van der Waals surface area contributed by atoms with Crippen molar-refractivity contribution in [1.82, 2.24) is 0 Å². The monoisotopic (exact) mass is 502 g/mol. The zero-order chi connectivity index (χ0) is 25.4. The first-order valence-electron chi connectivity index (χ1n) is 12.2. The van der Waals surface area contributed by atoms with Crippen LogP contribution in [0.25, 0.3) is 0 Å². The standard InChI is InChI=1S/C28H26N2O7/c1-33-20-6-2-17(3-7-20)27-21(28(32)29-18-4-9-22-24(14-18)35-13-12-34-22)8-11-26(31)30(27)19-5-10-23-25(15-19)37-16-36-23/h2-7,9-10,14-15,21,27H,8,11-13,16H2,1H3,(H,29,32)/t21-,27-/m0/s1. The van der Waals surface area contributed by atoms with Crippen molar-refractivity contribution < 1.29 is 33.3 Å². The van der Waals surface area contributed by atoms with Gasteiger partial charge in [0.25, 0.3) is 0 Å². The number of amides is 2. The number of hydrogen-bond donors (Lipinski definition) is 1. The zero-order valence-corrected chi connectivity index (χ0v) is 20.3. The molecule has 6 rings (SSSR count). The molecular formula is C28H26N2O7. The number of rotatable bonds is 5. The fraction of sp³-hybridized carbons (Fsp3) is 0.286. The van der Waals surface area contributed by atoms with Gasteiger partial charge in [0.1, 0.15) is 19.0 Å². The van der Waals surface area contributed by atoms with Gasteiger partial charge in [-0.3, -0.25) is 9.59 Å². The number of benzene rings is 3. The molecule has 0 spiro atoms. The lowest BCUT2D eigenvalue weighted by Crippen LogP contribution is -2.47. The van der Waals surface area contributed by atoms with Crippen LogP contribution in [0.4, 0.5) is 11.4 Å². The largest absolute Gasteiger partial charge is 0.497 e. The predicted octanol–water partition coefficient (Wildman–Crippen LogP) is 4.32. The Bertz CT molecular complexity index is 1340. The van der Waals surface area contributed by atoms with Crippen LogP contribution in [-0.2, 0) is 9.59 Å². The van der Waals surface area contributed by atoms with Crippen LogP contribution in [0, 0.1) is 5.92 Å². The number of fused-ring (bicyclic) bond motifs is 2. The highest BCUT2D eigenvalue weighted by Gasteiger charge is 2.42. The van der Waals surface area contributed by atoms with E-state index in [0.717, 1.165) is 5.56 Å². The van der Waals surface area contributed by atoms with Crippen molar-refractivity contribution in [3.8, 4) is 28.7 Å². The van der Waals surface area contributed by atoms with Crippen LogP contribution in [0.1, 0.15) is 24.4 Å². The minimum atomic E-state index is -0.537. The molecule has 9 nitrogen and oxygen atoms in total. The number of anilines is 2. The van der Waals surface area contributed by atoms with Crippen molar-refractivity contribution in [3.63, 3.8) is 0 Å². The zero-order valence-electron chi connectivity index (χ0n) is 20.3. The van der Waals surface area contributed by atoms with Crippen molar-refractivity contribution in [2.45, 2.75) is 18.9 Å². The lowest BCUT2D eigenvalue weighted by molar-refractivity contribution is -0.125. The minimum Gasteiger partial charge on any atom is -0.497 e. The second-order valence-electron chi connectivity index (χ2n) is 9.01. The van der Waals surface area contributed by atoms with Crippen LogP contribution < -0.4 is 33.9 Å². The van der Waals surface area contributed by atoms with Crippen LogP contribution in [0.2, 0.25) is 0 Å². The van der Waals surface area contributed by atoms with Gasteiger partial charge in [0.2, 0.25) is 18.6 Å². The molecule has 0 unspecified atom stereocenters. The van der Waals surface area contributed by atoms with E-state index < -0.39 is 12.0 Å². The van der Waals surface area contributed by atoms with Crippen LogP contribution in [0.15, 0.2) is 60.7 Å². The second kappa shape index (κ2) is 9.57. The molecule has 0 radical (unpaired) electrons. The molecule has 3 aliphatic rings. The van der Waals surface area contributed by atoms with Gasteiger partial charge in [-0.05, 0) is 48.4 Å². The molecule has 1 fully saturated rings. The van der Waals surface area contributed by atoms with Gasteiger partial charge in [-0.2, -0.15) is 0 Å². The molecule has 0 saturated carbocycles. The number of hydrogen-bond acceptors (Lipinski definition) is 7. The first-order valence-corrected chi connectivity index (χ1v) is 12.2. The van der Waals surface area contributed by atoms with E-state index in [0.29, 0.717) is 59.8 Å². The maximum Gasteiger partial charge on any atom is 0.231 e. The van der Waals surface area contributed by atoms with Gasteiger partial charge in [-0.15, -0.1) is 0 Å². The summed E-state index contributed by atoms with van der Waals surface area (Å²) in [7, 11) is 1.60. The molecule has 0 aliphatic carbocycles. The Hall–Kier alpha value is -4.40. The molecule has 9 heteroatoms. The summed E-state index contributed by atoms with van der Waals surface area (Å²) in [5.74, 6) is 2.37. The lowest BCUT2D eigenvalue weighted by Gasteiger charge is -2.41. The topological polar surface area (TPSA) is 95.6 Å². The van der Waals surface area contributed by atoms with Crippen molar-refractivity contribution in [2.24, 2.45) is 5.92 Å². The summed E-state index contributed by atoms with van der Waals surface area (Å²) in [5.41, 5.74) is 2.08. The summed E-state index contributed by atoms with van der Waals surface area (Å²) in [5, 5.41) is 3.03. The van der Waals surface area contributed by atoms with E-state index in [2.05, 4.69) is 5.32 Å². The van der Waals surface area contributed by atoms with Crippen molar-refractivity contribution >= 4 is 23.2 Å². The lowest BCUT2D eigenvalue weighted by atomic mass is 9.83. The molecule has 2 atom stereocenters.